The standard InChI is InChI=1S/C9H13N3/c1-12-8-7(5-11-12)4-10-6-9(8)2-3-9/h5,10H,2-4,6H2,1H3. The van der Waals surface area contributed by atoms with E-state index >= 15 is 0 Å². The van der Waals surface area contributed by atoms with Crippen LogP contribution in [0.25, 0.3) is 0 Å². The normalized spacial score (nSPS) is 24.1. The monoisotopic (exact) mass is 163 g/mol. The molecule has 1 aromatic heterocycles. The molecule has 0 radical (unpaired) electrons. The summed E-state index contributed by atoms with van der Waals surface area (Å²) in [6, 6.07) is 0. The molecule has 1 aliphatic heterocycles. The zero-order chi connectivity index (χ0) is 8.18. The predicted molar refractivity (Wildman–Crippen MR) is 45.8 cm³/mol. The van der Waals surface area contributed by atoms with E-state index in [0.29, 0.717) is 5.41 Å². The van der Waals surface area contributed by atoms with Crippen LogP contribution >= 0.6 is 0 Å². The van der Waals surface area contributed by atoms with Crippen LogP contribution in [0.4, 0.5) is 0 Å². The lowest BCUT2D eigenvalue weighted by molar-refractivity contribution is 0.496. The molecule has 3 rings (SSSR count). The van der Waals surface area contributed by atoms with Gasteiger partial charge in [-0.1, -0.05) is 0 Å². The highest BCUT2D eigenvalue weighted by molar-refractivity contribution is 5.35. The number of nitrogens with zero attached hydrogens (tertiary/aromatic N) is 2. The minimum atomic E-state index is 0.471. The fourth-order valence-corrected chi connectivity index (χ4v) is 2.38. The lowest BCUT2D eigenvalue weighted by atomic mass is 9.95. The van der Waals surface area contributed by atoms with Crippen molar-refractivity contribution in [2.75, 3.05) is 6.54 Å². The van der Waals surface area contributed by atoms with Crippen molar-refractivity contribution >= 4 is 0 Å². The zero-order valence-corrected chi connectivity index (χ0v) is 7.30. The summed E-state index contributed by atoms with van der Waals surface area (Å²) in [6.07, 6.45) is 4.68. The van der Waals surface area contributed by atoms with Crippen molar-refractivity contribution in [1.29, 1.82) is 0 Å². The largest absolute Gasteiger partial charge is 0.312 e. The molecule has 3 heteroatoms. The lowest BCUT2D eigenvalue weighted by Crippen LogP contribution is -2.34. The van der Waals surface area contributed by atoms with Gasteiger partial charge in [0, 0.05) is 36.8 Å². The second kappa shape index (κ2) is 1.91. The summed E-state index contributed by atoms with van der Waals surface area (Å²) in [4.78, 5) is 0. The Kier molecular flexibility index (Phi) is 1.06. The quantitative estimate of drug-likeness (QED) is 0.605. The van der Waals surface area contributed by atoms with E-state index in [1.807, 2.05) is 6.20 Å². The van der Waals surface area contributed by atoms with Crippen molar-refractivity contribution in [1.82, 2.24) is 15.1 Å². The molecule has 0 unspecified atom stereocenters. The molecule has 0 amide bonds. The smallest absolute Gasteiger partial charge is 0.0537 e. The van der Waals surface area contributed by atoms with E-state index < -0.39 is 0 Å². The number of rotatable bonds is 0. The summed E-state index contributed by atoms with van der Waals surface area (Å²) in [5.41, 5.74) is 3.36. The maximum atomic E-state index is 4.31. The van der Waals surface area contributed by atoms with Crippen LogP contribution in [0.15, 0.2) is 6.20 Å². The van der Waals surface area contributed by atoms with Crippen LogP contribution < -0.4 is 5.32 Å². The SMILES string of the molecule is Cn1ncc2c1C1(CC1)CNC2. The van der Waals surface area contributed by atoms with Crippen molar-refractivity contribution in [3.05, 3.63) is 17.5 Å². The Balaban J connectivity index is 2.19. The van der Waals surface area contributed by atoms with Gasteiger partial charge in [-0.25, -0.2) is 0 Å². The van der Waals surface area contributed by atoms with Gasteiger partial charge in [-0.2, -0.15) is 5.10 Å². The average Bonchev–Trinajstić information content (AvgIpc) is 2.71. The molecule has 1 fully saturated rings. The summed E-state index contributed by atoms with van der Waals surface area (Å²) < 4.78 is 2.06. The molecule has 1 N–H and O–H groups in total. The highest BCUT2D eigenvalue weighted by Crippen LogP contribution is 2.50. The van der Waals surface area contributed by atoms with E-state index in [1.54, 1.807) is 0 Å². The summed E-state index contributed by atoms with van der Waals surface area (Å²) >= 11 is 0. The van der Waals surface area contributed by atoms with Crippen molar-refractivity contribution < 1.29 is 0 Å². The van der Waals surface area contributed by atoms with E-state index in [1.165, 1.54) is 24.1 Å². The fourth-order valence-electron chi connectivity index (χ4n) is 2.38. The molecule has 1 spiro atoms. The third kappa shape index (κ3) is 0.672. The van der Waals surface area contributed by atoms with E-state index in [0.717, 1.165) is 13.1 Å². The van der Waals surface area contributed by atoms with Crippen LogP contribution in [-0.2, 0) is 19.0 Å². The van der Waals surface area contributed by atoms with Gasteiger partial charge in [0.2, 0.25) is 0 Å². The van der Waals surface area contributed by atoms with Gasteiger partial charge >= 0.3 is 0 Å². The van der Waals surface area contributed by atoms with Crippen LogP contribution in [0.5, 0.6) is 0 Å². The van der Waals surface area contributed by atoms with Gasteiger partial charge in [-0.3, -0.25) is 4.68 Å². The Morgan fingerprint density at radius 1 is 1.58 bits per heavy atom. The molecule has 0 saturated heterocycles. The number of aromatic nitrogens is 2. The van der Waals surface area contributed by atoms with Gasteiger partial charge in [-0.05, 0) is 12.8 Å². The van der Waals surface area contributed by atoms with E-state index in [9.17, 15) is 0 Å². The minimum Gasteiger partial charge on any atom is -0.312 e. The van der Waals surface area contributed by atoms with Gasteiger partial charge in [-0.15, -0.1) is 0 Å². The molecular weight excluding hydrogens is 150 g/mol. The lowest BCUT2D eigenvalue weighted by Gasteiger charge is -2.23. The summed E-state index contributed by atoms with van der Waals surface area (Å²) in [7, 11) is 2.06. The van der Waals surface area contributed by atoms with Crippen LogP contribution in [0.3, 0.4) is 0 Å². The van der Waals surface area contributed by atoms with E-state index in [2.05, 4.69) is 22.1 Å². The molecule has 64 valence electrons. The van der Waals surface area contributed by atoms with Gasteiger partial charge in [0.1, 0.15) is 0 Å². The summed E-state index contributed by atoms with van der Waals surface area (Å²) in [5, 5.41) is 7.76. The highest BCUT2D eigenvalue weighted by atomic mass is 15.3. The first-order chi connectivity index (χ1) is 5.82. The fraction of sp³-hybridized carbons (Fsp3) is 0.667. The maximum absolute atomic E-state index is 4.31. The third-order valence-electron chi connectivity index (χ3n) is 3.15. The van der Waals surface area contributed by atoms with Gasteiger partial charge in [0.15, 0.2) is 0 Å². The average molecular weight is 163 g/mol. The topological polar surface area (TPSA) is 29.9 Å². The number of nitrogens with one attached hydrogen (secondary N) is 1. The molecule has 2 aliphatic rings. The Bertz CT molecular complexity index is 323. The second-order valence-electron chi connectivity index (χ2n) is 4.03. The van der Waals surface area contributed by atoms with Gasteiger partial charge < -0.3 is 5.32 Å². The molecule has 1 saturated carbocycles. The molecule has 1 aliphatic carbocycles. The predicted octanol–water partition coefficient (Wildman–Crippen LogP) is 0.555. The van der Waals surface area contributed by atoms with Crippen LogP contribution in [0, 0.1) is 0 Å². The second-order valence-corrected chi connectivity index (χ2v) is 4.03. The molecule has 2 heterocycles. The number of hydrogen-bond donors (Lipinski definition) is 1. The minimum absolute atomic E-state index is 0.471. The third-order valence-corrected chi connectivity index (χ3v) is 3.15. The van der Waals surface area contributed by atoms with Crippen molar-refractivity contribution in [2.24, 2.45) is 7.05 Å². The molecule has 0 atom stereocenters. The molecule has 0 aromatic carbocycles. The van der Waals surface area contributed by atoms with Gasteiger partial charge in [0.25, 0.3) is 0 Å². The van der Waals surface area contributed by atoms with Crippen molar-refractivity contribution in [3.63, 3.8) is 0 Å². The number of fused-ring (bicyclic) bond motifs is 2. The Morgan fingerprint density at radius 2 is 2.42 bits per heavy atom. The van der Waals surface area contributed by atoms with E-state index in [-0.39, 0.29) is 0 Å². The molecule has 3 nitrogen and oxygen atoms in total. The zero-order valence-electron chi connectivity index (χ0n) is 7.30. The molecule has 0 bridgehead atoms. The number of aryl methyl sites for hydroxylation is 1. The first-order valence-corrected chi connectivity index (χ1v) is 4.54. The summed E-state index contributed by atoms with van der Waals surface area (Å²) in [6.45, 7) is 2.16. The van der Waals surface area contributed by atoms with Crippen LogP contribution in [0.2, 0.25) is 0 Å². The number of hydrogen-bond acceptors (Lipinski definition) is 2. The van der Waals surface area contributed by atoms with Crippen molar-refractivity contribution in [2.45, 2.75) is 24.8 Å². The first kappa shape index (κ1) is 6.66. The van der Waals surface area contributed by atoms with Crippen molar-refractivity contribution in [3.8, 4) is 0 Å². The Morgan fingerprint density at radius 3 is 3.17 bits per heavy atom. The van der Waals surface area contributed by atoms with Crippen LogP contribution in [0.1, 0.15) is 24.1 Å². The molecule has 12 heavy (non-hydrogen) atoms. The van der Waals surface area contributed by atoms with E-state index in [4.69, 9.17) is 0 Å². The molecular formula is C9H13N3. The summed E-state index contributed by atoms with van der Waals surface area (Å²) in [5.74, 6) is 0. The van der Waals surface area contributed by atoms with Gasteiger partial charge in [0.05, 0.1) is 6.20 Å². The maximum Gasteiger partial charge on any atom is 0.0537 e. The Hall–Kier alpha value is -0.830. The Labute approximate surface area is 71.8 Å². The highest BCUT2D eigenvalue weighted by Gasteiger charge is 2.49. The molecule has 1 aromatic rings. The first-order valence-electron chi connectivity index (χ1n) is 4.54. The van der Waals surface area contributed by atoms with Crippen LogP contribution in [-0.4, -0.2) is 16.3 Å².